The summed E-state index contributed by atoms with van der Waals surface area (Å²) in [5.41, 5.74) is 5.42. The molecule has 1 aliphatic rings. The van der Waals surface area contributed by atoms with Crippen LogP contribution in [0, 0.1) is 5.92 Å². The van der Waals surface area contributed by atoms with Gasteiger partial charge in [-0.1, -0.05) is 19.1 Å². The first-order chi connectivity index (χ1) is 7.35. The molecular weight excluding hydrogens is 244 g/mol. The molecule has 1 fully saturated rings. The summed E-state index contributed by atoms with van der Waals surface area (Å²) in [5.74, 6) is 0.598. The van der Waals surface area contributed by atoms with Gasteiger partial charge in [-0.3, -0.25) is 0 Å². The fraction of sp³-hybridized carbons (Fsp3) is 0.900. The molecule has 1 saturated heterocycles. The lowest BCUT2D eigenvalue weighted by Crippen LogP contribution is -2.43. The van der Waals surface area contributed by atoms with Gasteiger partial charge in [0, 0.05) is 13.1 Å². The zero-order chi connectivity index (χ0) is 12.3. The SMILES string of the molecule is CC1CCCN(S(=O)(=O)C(C)C(N)=S)CC1. The number of rotatable bonds is 3. The predicted octanol–water partition coefficient (Wildman–Crippen LogP) is 1.11. The molecule has 0 radical (unpaired) electrons. The van der Waals surface area contributed by atoms with E-state index in [-0.39, 0.29) is 4.99 Å². The highest BCUT2D eigenvalue weighted by molar-refractivity contribution is 7.92. The number of hydrogen-bond acceptors (Lipinski definition) is 3. The zero-order valence-electron chi connectivity index (χ0n) is 9.85. The van der Waals surface area contributed by atoms with E-state index in [0.717, 1.165) is 19.3 Å². The molecule has 1 heterocycles. The van der Waals surface area contributed by atoms with Crippen molar-refractivity contribution in [1.82, 2.24) is 4.31 Å². The Morgan fingerprint density at radius 3 is 2.62 bits per heavy atom. The van der Waals surface area contributed by atoms with Crippen LogP contribution in [0.25, 0.3) is 0 Å². The number of nitrogens with zero attached hydrogens (tertiary/aromatic N) is 1. The van der Waals surface area contributed by atoms with Crippen molar-refractivity contribution in [3.63, 3.8) is 0 Å². The number of thiocarbonyl (C=S) groups is 1. The smallest absolute Gasteiger partial charge is 0.223 e. The lowest BCUT2D eigenvalue weighted by Gasteiger charge is -2.23. The van der Waals surface area contributed by atoms with Crippen molar-refractivity contribution in [3.8, 4) is 0 Å². The fourth-order valence-corrected chi connectivity index (χ4v) is 3.71. The van der Waals surface area contributed by atoms with Crippen molar-refractivity contribution in [2.45, 2.75) is 38.4 Å². The Bertz CT molecular complexity index is 354. The molecule has 1 aliphatic heterocycles. The van der Waals surface area contributed by atoms with E-state index in [1.165, 1.54) is 0 Å². The summed E-state index contributed by atoms with van der Waals surface area (Å²) in [6.45, 7) is 4.91. The van der Waals surface area contributed by atoms with Crippen LogP contribution < -0.4 is 5.73 Å². The second kappa shape index (κ2) is 5.42. The Morgan fingerprint density at radius 2 is 2.06 bits per heavy atom. The minimum Gasteiger partial charge on any atom is -0.392 e. The molecule has 0 bridgehead atoms. The van der Waals surface area contributed by atoms with E-state index in [1.54, 1.807) is 11.2 Å². The largest absolute Gasteiger partial charge is 0.392 e. The highest BCUT2D eigenvalue weighted by atomic mass is 32.2. The van der Waals surface area contributed by atoms with Crippen LogP contribution in [0.2, 0.25) is 0 Å². The standard InChI is InChI=1S/C10H20N2O2S2/c1-8-4-3-6-12(7-5-8)16(13,14)9(2)10(11)15/h8-9H,3-7H2,1-2H3,(H2,11,15). The highest BCUT2D eigenvalue weighted by Gasteiger charge is 2.31. The summed E-state index contributed by atoms with van der Waals surface area (Å²) >= 11 is 4.76. The van der Waals surface area contributed by atoms with E-state index in [4.69, 9.17) is 18.0 Å². The van der Waals surface area contributed by atoms with E-state index in [0.29, 0.717) is 19.0 Å². The van der Waals surface area contributed by atoms with Crippen LogP contribution in [0.4, 0.5) is 0 Å². The molecule has 1 rings (SSSR count). The molecule has 6 heteroatoms. The molecule has 0 aromatic carbocycles. The van der Waals surface area contributed by atoms with Crippen molar-refractivity contribution in [2.24, 2.45) is 11.7 Å². The maximum absolute atomic E-state index is 12.1. The van der Waals surface area contributed by atoms with Gasteiger partial charge >= 0.3 is 0 Å². The minimum atomic E-state index is -3.34. The molecule has 0 aromatic heterocycles. The highest BCUT2D eigenvalue weighted by Crippen LogP contribution is 2.20. The van der Waals surface area contributed by atoms with Gasteiger partial charge in [0.25, 0.3) is 0 Å². The average molecular weight is 264 g/mol. The zero-order valence-corrected chi connectivity index (χ0v) is 11.5. The summed E-state index contributed by atoms with van der Waals surface area (Å²) in [6.07, 6.45) is 2.93. The summed E-state index contributed by atoms with van der Waals surface area (Å²) in [6, 6.07) is 0. The van der Waals surface area contributed by atoms with Crippen molar-refractivity contribution in [3.05, 3.63) is 0 Å². The second-order valence-electron chi connectivity index (χ2n) is 4.52. The number of nitrogens with two attached hydrogens (primary N) is 1. The third-order valence-corrected chi connectivity index (χ3v) is 5.92. The van der Waals surface area contributed by atoms with Gasteiger partial charge in [0.2, 0.25) is 10.0 Å². The van der Waals surface area contributed by atoms with Crippen LogP contribution >= 0.6 is 12.2 Å². The Balaban J connectivity index is 2.79. The quantitative estimate of drug-likeness (QED) is 0.776. The van der Waals surface area contributed by atoms with Crippen molar-refractivity contribution < 1.29 is 8.42 Å². The molecule has 2 unspecified atom stereocenters. The average Bonchev–Trinajstić information content (AvgIpc) is 2.41. The maximum Gasteiger partial charge on any atom is 0.223 e. The normalized spacial score (nSPS) is 26.0. The summed E-state index contributed by atoms with van der Waals surface area (Å²) in [4.78, 5) is 0.0531. The molecule has 2 N–H and O–H groups in total. The van der Waals surface area contributed by atoms with Gasteiger partial charge < -0.3 is 5.73 Å². The Kier molecular flexibility index (Phi) is 4.70. The monoisotopic (exact) mass is 264 g/mol. The van der Waals surface area contributed by atoms with Gasteiger partial charge in [-0.2, -0.15) is 0 Å². The van der Waals surface area contributed by atoms with Gasteiger partial charge in [-0.15, -0.1) is 0 Å². The van der Waals surface area contributed by atoms with Gasteiger partial charge in [-0.25, -0.2) is 12.7 Å². The molecule has 0 aromatic rings. The summed E-state index contributed by atoms with van der Waals surface area (Å²) in [7, 11) is -3.34. The van der Waals surface area contributed by atoms with Gasteiger partial charge in [0.1, 0.15) is 5.25 Å². The first kappa shape index (κ1) is 13.9. The first-order valence-electron chi connectivity index (χ1n) is 5.64. The fourth-order valence-electron chi connectivity index (χ4n) is 1.86. The summed E-state index contributed by atoms with van der Waals surface area (Å²) in [5, 5.41) is -0.754. The topological polar surface area (TPSA) is 63.4 Å². The lowest BCUT2D eigenvalue weighted by atomic mass is 10.0. The Labute approximate surface area is 103 Å². The second-order valence-corrected chi connectivity index (χ2v) is 7.25. The van der Waals surface area contributed by atoms with Crippen LogP contribution in [0.3, 0.4) is 0 Å². The molecule has 94 valence electrons. The van der Waals surface area contributed by atoms with E-state index < -0.39 is 15.3 Å². The number of hydrogen-bond donors (Lipinski definition) is 1. The first-order valence-corrected chi connectivity index (χ1v) is 7.55. The van der Waals surface area contributed by atoms with Crippen LogP contribution in [-0.4, -0.2) is 36.1 Å². The number of sulfonamides is 1. The van der Waals surface area contributed by atoms with Gasteiger partial charge in [-0.05, 0) is 32.1 Å². The third-order valence-electron chi connectivity index (χ3n) is 3.18. The van der Waals surface area contributed by atoms with E-state index in [9.17, 15) is 8.42 Å². The predicted molar refractivity (Wildman–Crippen MR) is 69.8 cm³/mol. The molecule has 0 amide bonds. The summed E-state index contributed by atoms with van der Waals surface area (Å²) < 4.78 is 25.8. The van der Waals surface area contributed by atoms with E-state index >= 15 is 0 Å². The minimum absolute atomic E-state index is 0.0531. The Hall–Kier alpha value is -0.200. The van der Waals surface area contributed by atoms with Crippen LogP contribution in [0.5, 0.6) is 0 Å². The van der Waals surface area contributed by atoms with Gasteiger partial charge in [0.05, 0.1) is 4.99 Å². The molecule has 16 heavy (non-hydrogen) atoms. The van der Waals surface area contributed by atoms with Crippen molar-refractivity contribution >= 4 is 27.2 Å². The van der Waals surface area contributed by atoms with Crippen LogP contribution in [0.1, 0.15) is 33.1 Å². The van der Waals surface area contributed by atoms with Crippen LogP contribution in [-0.2, 0) is 10.0 Å². The van der Waals surface area contributed by atoms with Crippen LogP contribution in [0.15, 0.2) is 0 Å². The molecular formula is C10H20N2O2S2. The molecule has 0 spiro atoms. The van der Waals surface area contributed by atoms with E-state index in [2.05, 4.69) is 6.92 Å². The van der Waals surface area contributed by atoms with Crippen molar-refractivity contribution in [2.75, 3.05) is 13.1 Å². The third kappa shape index (κ3) is 3.15. The van der Waals surface area contributed by atoms with Crippen molar-refractivity contribution in [1.29, 1.82) is 0 Å². The maximum atomic E-state index is 12.1. The molecule has 0 aliphatic carbocycles. The van der Waals surface area contributed by atoms with Gasteiger partial charge in [0.15, 0.2) is 0 Å². The van der Waals surface area contributed by atoms with E-state index in [1.807, 2.05) is 0 Å². The molecule has 4 nitrogen and oxygen atoms in total. The Morgan fingerprint density at radius 1 is 1.44 bits per heavy atom. The molecule has 2 atom stereocenters. The molecule has 0 saturated carbocycles. The lowest BCUT2D eigenvalue weighted by molar-refractivity contribution is 0.415.